The highest BCUT2D eigenvalue weighted by Gasteiger charge is 2.42. The van der Waals surface area contributed by atoms with Crippen molar-refractivity contribution >= 4 is 17.3 Å². The van der Waals surface area contributed by atoms with Crippen molar-refractivity contribution in [2.24, 2.45) is 0 Å². The molecule has 1 spiro atoms. The fourth-order valence-electron chi connectivity index (χ4n) is 4.08. The molecule has 9 nitrogen and oxygen atoms in total. The molecule has 2 aromatic carbocycles. The maximum Gasteiger partial charge on any atom is 0.286 e. The number of carbonyl (C=O) groups excluding carboxylic acids is 1. The molecule has 0 unspecified atom stereocenters. The molecule has 1 N–H and O–H groups in total. The van der Waals surface area contributed by atoms with Gasteiger partial charge >= 0.3 is 0 Å². The molecule has 0 bridgehead atoms. The van der Waals surface area contributed by atoms with E-state index in [1.54, 1.807) is 18.2 Å². The van der Waals surface area contributed by atoms with Crippen LogP contribution in [-0.4, -0.2) is 29.8 Å². The van der Waals surface area contributed by atoms with Crippen LogP contribution in [0, 0.1) is 10.1 Å². The molecule has 3 aliphatic rings. The van der Waals surface area contributed by atoms with Crippen LogP contribution in [0.5, 0.6) is 23.0 Å². The summed E-state index contributed by atoms with van der Waals surface area (Å²) in [7, 11) is 0. The highest BCUT2D eigenvalue weighted by Crippen LogP contribution is 2.46. The zero-order valence-corrected chi connectivity index (χ0v) is 16.1. The van der Waals surface area contributed by atoms with Crippen molar-refractivity contribution < 1.29 is 28.7 Å². The molecule has 156 valence electrons. The maximum atomic E-state index is 12.8. The van der Waals surface area contributed by atoms with Gasteiger partial charge in [0.2, 0.25) is 0 Å². The van der Waals surface area contributed by atoms with E-state index >= 15 is 0 Å². The number of ether oxygens (including phenoxy) is 4. The number of rotatable bonds is 3. The summed E-state index contributed by atoms with van der Waals surface area (Å²) in [6.07, 6.45) is 4.91. The summed E-state index contributed by atoms with van der Waals surface area (Å²) >= 11 is 0. The van der Waals surface area contributed by atoms with E-state index in [1.165, 1.54) is 18.6 Å². The van der Waals surface area contributed by atoms with Gasteiger partial charge in [-0.1, -0.05) is 6.42 Å². The molecule has 30 heavy (non-hydrogen) atoms. The lowest BCUT2D eigenvalue weighted by Crippen LogP contribution is -2.40. The predicted molar refractivity (Wildman–Crippen MR) is 106 cm³/mol. The molecule has 5 rings (SSSR count). The largest absolute Gasteiger partial charge is 0.486 e. The van der Waals surface area contributed by atoms with E-state index in [0.29, 0.717) is 36.1 Å². The van der Waals surface area contributed by atoms with Crippen LogP contribution in [0.4, 0.5) is 11.4 Å². The Hall–Kier alpha value is -3.49. The zero-order chi connectivity index (χ0) is 20.7. The van der Waals surface area contributed by atoms with Crippen LogP contribution in [0.2, 0.25) is 0 Å². The van der Waals surface area contributed by atoms with Gasteiger partial charge < -0.3 is 24.3 Å². The first-order chi connectivity index (χ1) is 14.5. The molecule has 0 saturated heterocycles. The van der Waals surface area contributed by atoms with E-state index in [2.05, 4.69) is 5.32 Å². The molecule has 1 fully saturated rings. The van der Waals surface area contributed by atoms with Crippen molar-refractivity contribution in [2.45, 2.75) is 37.9 Å². The third-order valence-electron chi connectivity index (χ3n) is 5.51. The minimum absolute atomic E-state index is 0.106. The van der Waals surface area contributed by atoms with Crippen molar-refractivity contribution in [2.75, 3.05) is 18.5 Å². The molecular weight excluding hydrogens is 392 g/mol. The molecule has 2 heterocycles. The van der Waals surface area contributed by atoms with Crippen LogP contribution >= 0.6 is 0 Å². The van der Waals surface area contributed by atoms with Gasteiger partial charge in [0.05, 0.1) is 11.0 Å². The summed E-state index contributed by atoms with van der Waals surface area (Å²) in [6.45, 7) is 0.615. The second kappa shape index (κ2) is 7.08. The number of nitrogens with one attached hydrogen (secondary N) is 1. The van der Waals surface area contributed by atoms with Crippen molar-refractivity contribution in [1.29, 1.82) is 0 Å². The van der Waals surface area contributed by atoms with Gasteiger partial charge in [-0.2, -0.15) is 0 Å². The summed E-state index contributed by atoms with van der Waals surface area (Å²) in [6, 6.07) is 7.67. The third-order valence-corrected chi connectivity index (χ3v) is 5.51. The monoisotopic (exact) mass is 412 g/mol. The van der Waals surface area contributed by atoms with E-state index in [1.807, 2.05) is 0 Å². The number of anilines is 1. The van der Waals surface area contributed by atoms with Crippen LogP contribution in [0.1, 0.15) is 42.5 Å². The van der Waals surface area contributed by atoms with E-state index in [-0.39, 0.29) is 17.0 Å². The van der Waals surface area contributed by atoms with E-state index in [9.17, 15) is 14.9 Å². The molecule has 0 aromatic heterocycles. The number of hydrogen-bond acceptors (Lipinski definition) is 7. The molecule has 9 heteroatoms. The summed E-state index contributed by atoms with van der Waals surface area (Å²) in [5, 5.41) is 14.2. The fraction of sp³-hybridized carbons (Fsp3) is 0.381. The topological polar surface area (TPSA) is 109 Å². The quantitative estimate of drug-likeness (QED) is 0.598. The van der Waals surface area contributed by atoms with Gasteiger partial charge in [0.1, 0.15) is 18.8 Å². The first kappa shape index (κ1) is 18.5. The van der Waals surface area contributed by atoms with Crippen LogP contribution in [-0.2, 0) is 0 Å². The van der Waals surface area contributed by atoms with E-state index < -0.39 is 16.6 Å². The molecular formula is C21H20N2O7. The smallest absolute Gasteiger partial charge is 0.286 e. The number of nitro benzene ring substituents is 1. The molecule has 0 radical (unpaired) electrons. The normalized spacial score (nSPS) is 18.1. The van der Waals surface area contributed by atoms with E-state index in [0.717, 1.165) is 25.7 Å². The minimum atomic E-state index is -0.620. The number of benzene rings is 2. The van der Waals surface area contributed by atoms with Crippen molar-refractivity contribution in [1.82, 2.24) is 0 Å². The van der Waals surface area contributed by atoms with Gasteiger partial charge in [0, 0.05) is 30.7 Å². The average Bonchev–Trinajstić information content (AvgIpc) is 3.09. The first-order valence-electron chi connectivity index (χ1n) is 9.94. The molecule has 2 aliphatic heterocycles. The Labute approximate surface area is 172 Å². The number of fused-ring (bicyclic) bond motifs is 2. The summed E-state index contributed by atoms with van der Waals surface area (Å²) in [5.74, 6) is 0.529. The van der Waals surface area contributed by atoms with Gasteiger partial charge in [-0.05, 0) is 25.0 Å². The fourth-order valence-corrected chi connectivity index (χ4v) is 4.08. The summed E-state index contributed by atoms with van der Waals surface area (Å²) < 4.78 is 23.0. The van der Waals surface area contributed by atoms with Crippen molar-refractivity contribution in [3.8, 4) is 23.0 Å². The Morgan fingerprint density at radius 3 is 2.37 bits per heavy atom. The Morgan fingerprint density at radius 1 is 0.933 bits per heavy atom. The van der Waals surface area contributed by atoms with Gasteiger partial charge in [0.25, 0.3) is 17.4 Å². The van der Waals surface area contributed by atoms with Crippen LogP contribution in [0.25, 0.3) is 0 Å². The van der Waals surface area contributed by atoms with Crippen LogP contribution < -0.4 is 24.3 Å². The molecule has 2 aromatic rings. The first-order valence-corrected chi connectivity index (χ1v) is 9.94. The van der Waals surface area contributed by atoms with E-state index in [4.69, 9.17) is 18.9 Å². The lowest BCUT2D eigenvalue weighted by atomic mass is 9.94. The number of carbonyl (C=O) groups is 1. The Balaban J connectivity index is 1.39. The zero-order valence-electron chi connectivity index (χ0n) is 16.1. The van der Waals surface area contributed by atoms with Gasteiger partial charge in [-0.25, -0.2) is 0 Å². The highest BCUT2D eigenvalue weighted by molar-refractivity contribution is 6.07. The van der Waals surface area contributed by atoms with Crippen LogP contribution in [0.15, 0.2) is 30.3 Å². The van der Waals surface area contributed by atoms with Crippen molar-refractivity contribution in [3.05, 3.63) is 46.0 Å². The van der Waals surface area contributed by atoms with Gasteiger partial charge in [0.15, 0.2) is 23.0 Å². The molecule has 1 saturated carbocycles. The maximum absolute atomic E-state index is 12.8. The number of amides is 1. The number of nitrogens with zero attached hydrogens (tertiary/aromatic N) is 1. The molecule has 0 atom stereocenters. The second-order valence-corrected chi connectivity index (χ2v) is 7.56. The third kappa shape index (κ3) is 3.26. The van der Waals surface area contributed by atoms with Crippen LogP contribution in [0.3, 0.4) is 0 Å². The Bertz CT molecular complexity index is 1030. The molecule has 1 aliphatic carbocycles. The number of nitro groups is 1. The van der Waals surface area contributed by atoms with Gasteiger partial charge in [-0.3, -0.25) is 14.9 Å². The predicted octanol–water partition coefficient (Wildman–Crippen LogP) is 4.05. The standard InChI is InChI=1S/C21H20N2O7/c24-20(14-11-17-18(28-9-8-27-17)12-15(14)23(25)26)22-13-4-5-16-19(10-13)30-21(29-16)6-2-1-3-7-21/h4-5,10-12H,1-3,6-9H2,(H,22,24). The van der Waals surface area contributed by atoms with Gasteiger partial charge in [-0.15, -0.1) is 0 Å². The minimum Gasteiger partial charge on any atom is -0.486 e. The average molecular weight is 412 g/mol. The Morgan fingerprint density at radius 2 is 1.63 bits per heavy atom. The summed E-state index contributed by atoms with van der Waals surface area (Å²) in [5.41, 5.74) is 0.00344. The molecule has 1 amide bonds. The van der Waals surface area contributed by atoms with Crippen molar-refractivity contribution in [3.63, 3.8) is 0 Å². The SMILES string of the molecule is O=C(Nc1ccc2c(c1)OC1(CCCCC1)O2)c1cc2c(cc1[N+](=O)[O-])OCCO2. The highest BCUT2D eigenvalue weighted by atomic mass is 16.7. The Kier molecular flexibility index (Phi) is 4.38. The lowest BCUT2D eigenvalue weighted by Gasteiger charge is -2.31. The number of hydrogen-bond donors (Lipinski definition) is 1. The summed E-state index contributed by atoms with van der Waals surface area (Å²) in [4.78, 5) is 23.7. The second-order valence-electron chi connectivity index (χ2n) is 7.56. The lowest BCUT2D eigenvalue weighted by molar-refractivity contribution is -0.385.